The second-order valence-corrected chi connectivity index (χ2v) is 8.88. The third kappa shape index (κ3) is 4.81. The number of anilines is 2. The fourth-order valence-corrected chi connectivity index (χ4v) is 4.28. The lowest BCUT2D eigenvalue weighted by atomic mass is 9.69. The number of carboxylic acids is 1. The minimum Gasteiger partial charge on any atom is -0.476 e. The van der Waals surface area contributed by atoms with E-state index in [0.717, 1.165) is 17.3 Å². The van der Waals surface area contributed by atoms with Crippen molar-refractivity contribution in [1.82, 2.24) is 15.0 Å². The number of hydrogen-bond acceptors (Lipinski definition) is 7. The van der Waals surface area contributed by atoms with E-state index in [9.17, 15) is 18.4 Å². The van der Waals surface area contributed by atoms with E-state index < -0.39 is 23.9 Å². The molecule has 11 heteroatoms. The zero-order valence-corrected chi connectivity index (χ0v) is 19.9. The summed E-state index contributed by atoms with van der Waals surface area (Å²) in [5.41, 5.74) is 1.05. The van der Waals surface area contributed by atoms with Gasteiger partial charge in [0.1, 0.15) is 16.9 Å². The Labute approximate surface area is 206 Å². The molecule has 1 aliphatic heterocycles. The number of aromatic carboxylic acids is 1. The first kappa shape index (κ1) is 25.0. The van der Waals surface area contributed by atoms with Crippen LogP contribution < -0.4 is 15.0 Å². The lowest BCUT2D eigenvalue weighted by Gasteiger charge is -2.50. The Balaban J connectivity index is 1.69. The number of alkyl halides is 2. The molecule has 3 heterocycles. The molecule has 0 aliphatic carbocycles. The fourth-order valence-electron chi connectivity index (χ4n) is 4.28. The van der Waals surface area contributed by atoms with Gasteiger partial charge in [-0.3, -0.25) is 4.79 Å². The third-order valence-electron chi connectivity index (χ3n) is 6.08. The zero-order valence-electron chi connectivity index (χ0n) is 19.9. The highest BCUT2D eigenvalue weighted by Gasteiger charge is 2.52. The number of ether oxygens (including phenoxy) is 1. The predicted molar refractivity (Wildman–Crippen MR) is 128 cm³/mol. The summed E-state index contributed by atoms with van der Waals surface area (Å²) in [5.74, 6) is -1.42. The number of carboxylic acid groups (broad SMARTS) is 1. The minimum atomic E-state index is -3.10. The lowest BCUT2D eigenvalue weighted by molar-refractivity contribution is -0.122. The standard InChI is InChI=1S/C25H25F2N5O4/c1-14(2)16-6-4-5-7-17(16)25(12-32(13-25)20-11-28-19(10-29-20)22(33)34)23(35)31-18-9-8-15(3)30-21(18)36-24(26)27/h4-11,14,24H,12-13H2,1-3H3,(H,31,35)(H,33,34). The zero-order chi connectivity index (χ0) is 26.0. The first-order valence-electron chi connectivity index (χ1n) is 11.2. The Morgan fingerprint density at radius 1 is 1.11 bits per heavy atom. The van der Waals surface area contributed by atoms with Crippen LogP contribution in [0.15, 0.2) is 48.8 Å². The van der Waals surface area contributed by atoms with Crippen molar-refractivity contribution in [3.05, 3.63) is 71.3 Å². The van der Waals surface area contributed by atoms with Crippen LogP contribution in [-0.2, 0) is 10.2 Å². The van der Waals surface area contributed by atoms with Gasteiger partial charge < -0.3 is 20.1 Å². The molecule has 1 amide bonds. The van der Waals surface area contributed by atoms with Gasteiger partial charge in [0.2, 0.25) is 11.8 Å². The quantitative estimate of drug-likeness (QED) is 0.480. The van der Waals surface area contributed by atoms with Gasteiger partial charge in [-0.2, -0.15) is 8.78 Å². The van der Waals surface area contributed by atoms with Crippen LogP contribution in [0.3, 0.4) is 0 Å². The number of aromatic nitrogens is 3. The maximum absolute atomic E-state index is 13.8. The highest BCUT2D eigenvalue weighted by Crippen LogP contribution is 2.41. The lowest BCUT2D eigenvalue weighted by Crippen LogP contribution is -2.65. The average molecular weight is 498 g/mol. The van der Waals surface area contributed by atoms with Crippen LogP contribution in [0.2, 0.25) is 0 Å². The summed E-state index contributed by atoms with van der Waals surface area (Å²) in [6.45, 7) is 3.01. The van der Waals surface area contributed by atoms with Crippen molar-refractivity contribution in [2.24, 2.45) is 0 Å². The SMILES string of the molecule is Cc1ccc(NC(=O)C2(c3ccccc3C(C)C)CN(c3cnc(C(=O)O)cn3)C2)c(OC(F)F)n1. The number of carbonyl (C=O) groups is 2. The molecule has 0 radical (unpaired) electrons. The number of pyridine rings is 1. The van der Waals surface area contributed by atoms with Gasteiger partial charge in [-0.15, -0.1) is 0 Å². The van der Waals surface area contributed by atoms with Crippen molar-refractivity contribution in [2.75, 3.05) is 23.3 Å². The van der Waals surface area contributed by atoms with E-state index >= 15 is 0 Å². The topological polar surface area (TPSA) is 118 Å². The molecular formula is C25H25F2N5O4. The Kier molecular flexibility index (Phi) is 6.82. The molecule has 0 saturated carbocycles. The van der Waals surface area contributed by atoms with Gasteiger partial charge in [0, 0.05) is 18.8 Å². The van der Waals surface area contributed by atoms with Crippen molar-refractivity contribution in [1.29, 1.82) is 0 Å². The number of halogens is 2. The summed E-state index contributed by atoms with van der Waals surface area (Å²) in [6.07, 6.45) is 2.50. The predicted octanol–water partition coefficient (Wildman–Crippen LogP) is 4.00. The first-order valence-corrected chi connectivity index (χ1v) is 11.2. The van der Waals surface area contributed by atoms with Gasteiger partial charge in [0.05, 0.1) is 12.4 Å². The minimum absolute atomic E-state index is 0.0383. The number of hydrogen-bond donors (Lipinski definition) is 2. The van der Waals surface area contributed by atoms with Crippen LogP contribution in [0.25, 0.3) is 0 Å². The molecule has 4 rings (SSSR count). The Morgan fingerprint density at radius 2 is 1.83 bits per heavy atom. The van der Waals surface area contributed by atoms with Gasteiger partial charge >= 0.3 is 12.6 Å². The van der Waals surface area contributed by atoms with E-state index in [0.29, 0.717) is 11.5 Å². The number of carbonyl (C=O) groups excluding carboxylic acids is 1. The van der Waals surface area contributed by atoms with Crippen molar-refractivity contribution >= 4 is 23.4 Å². The van der Waals surface area contributed by atoms with Gasteiger partial charge in [0.15, 0.2) is 5.69 Å². The molecule has 1 aliphatic rings. The van der Waals surface area contributed by atoms with Gasteiger partial charge in [-0.1, -0.05) is 38.1 Å². The van der Waals surface area contributed by atoms with Crippen LogP contribution in [0.5, 0.6) is 5.88 Å². The van der Waals surface area contributed by atoms with Crippen LogP contribution in [0.1, 0.15) is 47.1 Å². The van der Waals surface area contributed by atoms with Crippen molar-refractivity contribution in [3.63, 3.8) is 0 Å². The molecule has 1 saturated heterocycles. The summed E-state index contributed by atoms with van der Waals surface area (Å²) < 4.78 is 30.5. The smallest absolute Gasteiger partial charge is 0.388 e. The largest absolute Gasteiger partial charge is 0.476 e. The van der Waals surface area contributed by atoms with Crippen molar-refractivity contribution in [3.8, 4) is 5.88 Å². The number of rotatable bonds is 8. The Hall–Kier alpha value is -4.15. The van der Waals surface area contributed by atoms with Gasteiger partial charge in [0.25, 0.3) is 0 Å². The van der Waals surface area contributed by atoms with E-state index in [-0.39, 0.29) is 36.3 Å². The molecule has 0 unspecified atom stereocenters. The Bertz CT molecular complexity index is 1280. The maximum atomic E-state index is 13.8. The number of amides is 1. The summed E-state index contributed by atoms with van der Waals surface area (Å²) in [7, 11) is 0. The van der Waals surface area contributed by atoms with E-state index in [1.807, 2.05) is 38.1 Å². The molecule has 0 atom stereocenters. The second-order valence-electron chi connectivity index (χ2n) is 8.88. The first-order chi connectivity index (χ1) is 17.1. The van der Waals surface area contributed by atoms with E-state index in [2.05, 4.69) is 25.0 Å². The highest BCUT2D eigenvalue weighted by molar-refractivity contribution is 6.02. The Morgan fingerprint density at radius 3 is 2.44 bits per heavy atom. The number of benzene rings is 1. The van der Waals surface area contributed by atoms with E-state index in [1.54, 1.807) is 17.9 Å². The summed E-state index contributed by atoms with van der Waals surface area (Å²) in [5, 5.41) is 11.8. The molecule has 0 bridgehead atoms. The number of nitrogens with zero attached hydrogens (tertiary/aromatic N) is 4. The molecule has 2 N–H and O–H groups in total. The molecule has 188 valence electrons. The molecular weight excluding hydrogens is 472 g/mol. The van der Waals surface area contributed by atoms with Crippen molar-refractivity contribution in [2.45, 2.75) is 38.7 Å². The maximum Gasteiger partial charge on any atom is 0.388 e. The summed E-state index contributed by atoms with van der Waals surface area (Å²) >= 11 is 0. The highest BCUT2D eigenvalue weighted by atomic mass is 19.3. The van der Waals surface area contributed by atoms with Crippen LogP contribution in [-0.4, -0.2) is 51.6 Å². The van der Waals surface area contributed by atoms with Crippen LogP contribution in [0, 0.1) is 6.92 Å². The third-order valence-corrected chi connectivity index (χ3v) is 6.08. The average Bonchev–Trinajstić information content (AvgIpc) is 2.80. The molecule has 36 heavy (non-hydrogen) atoms. The normalized spacial score (nSPS) is 14.5. The molecule has 1 fully saturated rings. The molecule has 9 nitrogen and oxygen atoms in total. The molecule has 0 spiro atoms. The number of aryl methyl sites for hydroxylation is 1. The number of nitrogens with one attached hydrogen (secondary N) is 1. The van der Waals surface area contributed by atoms with E-state index in [4.69, 9.17) is 5.11 Å². The monoisotopic (exact) mass is 497 g/mol. The van der Waals surface area contributed by atoms with Gasteiger partial charge in [-0.05, 0) is 36.1 Å². The molecule has 3 aromatic rings. The molecule has 2 aromatic heterocycles. The fraction of sp³-hybridized carbons (Fsp3) is 0.320. The van der Waals surface area contributed by atoms with Crippen LogP contribution in [0.4, 0.5) is 20.3 Å². The second kappa shape index (κ2) is 9.84. The van der Waals surface area contributed by atoms with Crippen molar-refractivity contribution < 1.29 is 28.2 Å². The van der Waals surface area contributed by atoms with Gasteiger partial charge in [-0.25, -0.2) is 19.7 Å². The molecule has 1 aromatic carbocycles. The summed E-state index contributed by atoms with van der Waals surface area (Å²) in [4.78, 5) is 38.8. The summed E-state index contributed by atoms with van der Waals surface area (Å²) in [6, 6.07) is 10.7. The van der Waals surface area contributed by atoms with E-state index in [1.165, 1.54) is 12.3 Å². The van der Waals surface area contributed by atoms with Crippen LogP contribution >= 0.6 is 0 Å².